The first-order valence-corrected chi connectivity index (χ1v) is 5.76. The average molecular weight is 251 g/mol. The number of aromatic nitrogens is 4. The molecule has 0 aliphatic rings. The van der Waals surface area contributed by atoms with Crippen molar-refractivity contribution in [2.75, 3.05) is 5.73 Å². The zero-order valence-electron chi connectivity index (χ0n) is 11.0. The van der Waals surface area contributed by atoms with Crippen LogP contribution in [0.1, 0.15) is 13.8 Å². The third kappa shape index (κ3) is 1.62. The number of nitrogen functional groups attached to an aromatic ring is 1. The molecule has 0 unspecified atom stereocenters. The number of nitrogens with two attached hydrogens (primary N) is 1. The largest absolute Gasteiger partial charge is 0.369 e. The molecule has 2 heterocycles. The van der Waals surface area contributed by atoms with Crippen LogP contribution >= 0.6 is 0 Å². The van der Waals surface area contributed by atoms with Gasteiger partial charge in [-0.3, -0.25) is 13.9 Å². The molecule has 0 aromatic carbocycles. The lowest BCUT2D eigenvalue weighted by atomic mass is 10.2. The molecular weight excluding hydrogens is 234 g/mol. The van der Waals surface area contributed by atoms with Gasteiger partial charge in [0.15, 0.2) is 11.2 Å². The first-order valence-electron chi connectivity index (χ1n) is 5.76. The summed E-state index contributed by atoms with van der Waals surface area (Å²) in [5, 5.41) is 0. The maximum atomic E-state index is 12.2. The average Bonchev–Trinajstić information content (AvgIpc) is 2.61. The van der Waals surface area contributed by atoms with Crippen LogP contribution in [0.5, 0.6) is 0 Å². The Kier molecular flexibility index (Phi) is 2.76. The maximum absolute atomic E-state index is 12.2. The van der Waals surface area contributed by atoms with E-state index in [1.54, 1.807) is 11.6 Å². The molecule has 18 heavy (non-hydrogen) atoms. The number of aryl methyl sites for hydroxylation is 1. The predicted octanol–water partition coefficient (Wildman–Crippen LogP) is -0.328. The highest BCUT2D eigenvalue weighted by Crippen LogP contribution is 2.14. The zero-order valence-corrected chi connectivity index (χ0v) is 11.0. The van der Waals surface area contributed by atoms with Gasteiger partial charge in [-0.1, -0.05) is 13.8 Å². The fourth-order valence-electron chi connectivity index (χ4n) is 2.01. The van der Waals surface area contributed by atoms with Crippen LogP contribution in [0, 0.1) is 5.92 Å². The number of imidazole rings is 1. The quantitative estimate of drug-likeness (QED) is 0.791. The highest BCUT2D eigenvalue weighted by atomic mass is 16.2. The highest BCUT2D eigenvalue weighted by molar-refractivity contribution is 5.73. The van der Waals surface area contributed by atoms with Gasteiger partial charge in [0.25, 0.3) is 5.56 Å². The van der Waals surface area contributed by atoms with Gasteiger partial charge in [-0.05, 0) is 5.92 Å². The normalized spacial score (nSPS) is 11.6. The lowest BCUT2D eigenvalue weighted by Crippen LogP contribution is -2.37. The summed E-state index contributed by atoms with van der Waals surface area (Å²) in [6.07, 6.45) is 0. The van der Waals surface area contributed by atoms with Gasteiger partial charge in [0.05, 0.1) is 0 Å². The first kappa shape index (κ1) is 12.4. The molecule has 0 atom stereocenters. The molecule has 0 fully saturated rings. The summed E-state index contributed by atoms with van der Waals surface area (Å²) >= 11 is 0. The second-order valence-electron chi connectivity index (χ2n) is 4.85. The molecule has 0 spiro atoms. The molecule has 2 rings (SSSR count). The minimum absolute atomic E-state index is 0.261. The van der Waals surface area contributed by atoms with E-state index in [2.05, 4.69) is 4.98 Å². The predicted molar refractivity (Wildman–Crippen MR) is 69.5 cm³/mol. The summed E-state index contributed by atoms with van der Waals surface area (Å²) < 4.78 is 4.08. The second kappa shape index (κ2) is 4.01. The Morgan fingerprint density at radius 1 is 1.22 bits per heavy atom. The molecule has 2 N–H and O–H groups in total. The van der Waals surface area contributed by atoms with Crippen LogP contribution in [-0.4, -0.2) is 18.7 Å². The highest BCUT2D eigenvalue weighted by Gasteiger charge is 2.17. The van der Waals surface area contributed by atoms with Gasteiger partial charge in [-0.2, -0.15) is 4.98 Å². The van der Waals surface area contributed by atoms with Crippen LogP contribution in [0.2, 0.25) is 0 Å². The van der Waals surface area contributed by atoms with E-state index in [9.17, 15) is 9.59 Å². The Morgan fingerprint density at radius 3 is 2.39 bits per heavy atom. The number of hydrogen-bond donors (Lipinski definition) is 1. The second-order valence-corrected chi connectivity index (χ2v) is 4.85. The van der Waals surface area contributed by atoms with E-state index in [0.29, 0.717) is 23.6 Å². The van der Waals surface area contributed by atoms with Crippen LogP contribution in [0.4, 0.5) is 5.95 Å². The summed E-state index contributed by atoms with van der Waals surface area (Å²) in [7, 11) is 3.03. The number of hydrogen-bond acceptors (Lipinski definition) is 4. The maximum Gasteiger partial charge on any atom is 0.332 e. The number of anilines is 1. The Bertz CT molecular complexity index is 720. The molecule has 98 valence electrons. The molecule has 0 aliphatic heterocycles. The fourth-order valence-corrected chi connectivity index (χ4v) is 2.01. The van der Waals surface area contributed by atoms with Gasteiger partial charge in [0.2, 0.25) is 5.95 Å². The Morgan fingerprint density at radius 2 is 1.83 bits per heavy atom. The smallest absolute Gasteiger partial charge is 0.332 e. The molecule has 0 aliphatic carbocycles. The van der Waals surface area contributed by atoms with Crippen LogP contribution in [0.3, 0.4) is 0 Å². The van der Waals surface area contributed by atoms with Crippen LogP contribution in [0.15, 0.2) is 9.59 Å². The van der Waals surface area contributed by atoms with Gasteiger partial charge in [0.1, 0.15) is 0 Å². The summed E-state index contributed by atoms with van der Waals surface area (Å²) in [6.45, 7) is 4.64. The van der Waals surface area contributed by atoms with E-state index < -0.39 is 5.69 Å². The van der Waals surface area contributed by atoms with E-state index in [1.165, 1.54) is 11.6 Å². The van der Waals surface area contributed by atoms with Crippen molar-refractivity contribution in [1.82, 2.24) is 18.7 Å². The van der Waals surface area contributed by atoms with Crippen molar-refractivity contribution in [3.05, 3.63) is 20.8 Å². The molecule has 2 aromatic rings. The molecule has 7 heteroatoms. The summed E-state index contributed by atoms with van der Waals surface area (Å²) in [5.41, 5.74) is 5.78. The monoisotopic (exact) mass is 251 g/mol. The first-order chi connectivity index (χ1) is 8.34. The van der Waals surface area contributed by atoms with E-state index in [0.717, 1.165) is 4.57 Å². The summed E-state index contributed by atoms with van der Waals surface area (Å²) in [4.78, 5) is 28.1. The number of nitrogens with zero attached hydrogens (tertiary/aromatic N) is 4. The standard InChI is InChI=1S/C11H17N5O2/c1-6(2)5-16-7-8(13-10(16)12)14(3)11(18)15(4)9(7)17/h6H,5H2,1-4H3,(H2,12,13). The Labute approximate surface area is 103 Å². The van der Waals surface area contributed by atoms with Gasteiger partial charge >= 0.3 is 5.69 Å². The lowest BCUT2D eigenvalue weighted by Gasteiger charge is -2.09. The lowest BCUT2D eigenvalue weighted by molar-refractivity contribution is 0.535. The minimum atomic E-state index is -0.401. The molecule has 0 amide bonds. The minimum Gasteiger partial charge on any atom is -0.369 e. The van der Waals surface area contributed by atoms with Gasteiger partial charge < -0.3 is 10.3 Å². The van der Waals surface area contributed by atoms with Crippen LogP contribution < -0.4 is 17.0 Å². The van der Waals surface area contributed by atoms with E-state index in [1.807, 2.05) is 13.8 Å². The Hall–Kier alpha value is -2.05. The van der Waals surface area contributed by atoms with E-state index >= 15 is 0 Å². The molecule has 0 bridgehead atoms. The summed E-state index contributed by atoms with van der Waals surface area (Å²) in [6, 6.07) is 0. The third-order valence-corrected chi connectivity index (χ3v) is 2.93. The van der Waals surface area contributed by atoms with Crippen LogP contribution in [0.25, 0.3) is 11.2 Å². The van der Waals surface area contributed by atoms with Crippen molar-refractivity contribution in [3.8, 4) is 0 Å². The fraction of sp³-hybridized carbons (Fsp3) is 0.545. The van der Waals surface area contributed by atoms with Crippen molar-refractivity contribution >= 4 is 17.1 Å². The van der Waals surface area contributed by atoms with Crippen molar-refractivity contribution in [1.29, 1.82) is 0 Å². The molecule has 0 saturated heterocycles. The number of rotatable bonds is 2. The third-order valence-electron chi connectivity index (χ3n) is 2.93. The van der Waals surface area contributed by atoms with Crippen molar-refractivity contribution in [2.45, 2.75) is 20.4 Å². The van der Waals surface area contributed by atoms with Crippen LogP contribution in [-0.2, 0) is 20.6 Å². The molecule has 7 nitrogen and oxygen atoms in total. The van der Waals surface area contributed by atoms with Gasteiger partial charge in [-0.15, -0.1) is 0 Å². The molecular formula is C11H17N5O2. The molecule has 2 aromatic heterocycles. The summed E-state index contributed by atoms with van der Waals surface area (Å²) in [5.74, 6) is 0.587. The van der Waals surface area contributed by atoms with Crippen molar-refractivity contribution < 1.29 is 0 Å². The van der Waals surface area contributed by atoms with E-state index in [-0.39, 0.29) is 11.5 Å². The zero-order chi connectivity index (χ0) is 13.6. The number of fused-ring (bicyclic) bond motifs is 1. The van der Waals surface area contributed by atoms with Gasteiger partial charge in [0, 0.05) is 20.6 Å². The van der Waals surface area contributed by atoms with Gasteiger partial charge in [-0.25, -0.2) is 4.79 Å². The van der Waals surface area contributed by atoms with Crippen molar-refractivity contribution in [3.63, 3.8) is 0 Å². The topological polar surface area (TPSA) is 87.8 Å². The molecule has 0 radical (unpaired) electrons. The van der Waals surface area contributed by atoms with Crippen molar-refractivity contribution in [2.24, 2.45) is 20.0 Å². The Balaban J connectivity index is 2.95. The van der Waals surface area contributed by atoms with E-state index in [4.69, 9.17) is 5.73 Å². The molecule has 0 saturated carbocycles. The SMILES string of the molecule is CC(C)Cn1c(N)nc2c1c(=O)n(C)c(=O)n2C.